The first-order valence-electron chi connectivity index (χ1n) is 6.13. The number of thiophene rings is 1. The number of carbonyl (C=O) groups is 2. The Bertz CT molecular complexity index is 729. The first-order valence-corrected chi connectivity index (χ1v) is 7.38. The normalized spacial score (nSPS) is 13.6. The zero-order valence-corrected chi connectivity index (χ0v) is 12.6. The number of rotatable bonds is 2. The quantitative estimate of drug-likeness (QED) is 0.862. The molecule has 5 nitrogen and oxygen atoms in total. The van der Waals surface area contributed by atoms with E-state index in [1.807, 2.05) is 0 Å². The third-order valence-electron chi connectivity index (χ3n) is 3.13. The molecule has 0 saturated carbocycles. The van der Waals surface area contributed by atoms with Crippen molar-refractivity contribution in [2.45, 2.75) is 0 Å². The smallest absolute Gasteiger partial charge is 0.350 e. The van der Waals surface area contributed by atoms with Gasteiger partial charge in [0.2, 0.25) is 5.91 Å². The van der Waals surface area contributed by atoms with Crippen LogP contribution in [0.1, 0.15) is 9.67 Å². The number of hydrogen-bond donors (Lipinski definition) is 1. The third-order valence-corrected chi connectivity index (χ3v) is 4.25. The van der Waals surface area contributed by atoms with Gasteiger partial charge in [-0.2, -0.15) is 0 Å². The van der Waals surface area contributed by atoms with E-state index in [0.29, 0.717) is 21.3 Å². The van der Waals surface area contributed by atoms with E-state index in [-0.39, 0.29) is 12.5 Å². The second-order valence-electron chi connectivity index (χ2n) is 4.42. The Morgan fingerprint density at radius 2 is 2.19 bits per heavy atom. The average molecular weight is 323 g/mol. The van der Waals surface area contributed by atoms with Gasteiger partial charge in [0.05, 0.1) is 24.2 Å². The molecular weight excluding hydrogens is 312 g/mol. The Morgan fingerprint density at radius 1 is 1.38 bits per heavy atom. The number of amides is 1. The van der Waals surface area contributed by atoms with Crippen LogP contribution in [0, 0.1) is 0 Å². The molecule has 0 saturated heterocycles. The monoisotopic (exact) mass is 322 g/mol. The van der Waals surface area contributed by atoms with Gasteiger partial charge in [0.15, 0.2) is 0 Å². The Labute approximate surface area is 130 Å². The Hall–Kier alpha value is -2.05. The van der Waals surface area contributed by atoms with E-state index in [2.05, 4.69) is 5.32 Å². The summed E-state index contributed by atoms with van der Waals surface area (Å²) >= 11 is 7.32. The maximum absolute atomic E-state index is 11.9. The van der Waals surface area contributed by atoms with E-state index in [1.54, 1.807) is 34.5 Å². The van der Waals surface area contributed by atoms with Crippen LogP contribution in [-0.2, 0) is 9.53 Å². The van der Waals surface area contributed by atoms with Gasteiger partial charge in [0.1, 0.15) is 11.4 Å². The van der Waals surface area contributed by atoms with Crippen molar-refractivity contribution >= 4 is 51.9 Å². The van der Waals surface area contributed by atoms with Crippen molar-refractivity contribution in [2.75, 3.05) is 23.9 Å². The first kappa shape index (κ1) is 13.9. The van der Waals surface area contributed by atoms with Gasteiger partial charge < -0.3 is 15.0 Å². The van der Waals surface area contributed by atoms with E-state index < -0.39 is 5.97 Å². The van der Waals surface area contributed by atoms with Crippen LogP contribution >= 0.6 is 22.9 Å². The van der Waals surface area contributed by atoms with Gasteiger partial charge in [-0.15, -0.1) is 11.3 Å². The fourth-order valence-corrected chi connectivity index (χ4v) is 3.21. The van der Waals surface area contributed by atoms with Gasteiger partial charge in [-0.25, -0.2) is 4.79 Å². The number of ether oxygens (including phenoxy) is 1. The first-order chi connectivity index (χ1) is 10.1. The van der Waals surface area contributed by atoms with Gasteiger partial charge in [0, 0.05) is 5.02 Å². The van der Waals surface area contributed by atoms with Crippen molar-refractivity contribution < 1.29 is 14.3 Å². The minimum Gasteiger partial charge on any atom is -0.465 e. The Morgan fingerprint density at radius 3 is 2.95 bits per heavy atom. The van der Waals surface area contributed by atoms with E-state index in [9.17, 15) is 9.59 Å². The van der Waals surface area contributed by atoms with E-state index in [0.717, 1.165) is 5.69 Å². The van der Waals surface area contributed by atoms with Crippen molar-refractivity contribution in [2.24, 2.45) is 0 Å². The van der Waals surface area contributed by atoms with Gasteiger partial charge >= 0.3 is 5.97 Å². The van der Waals surface area contributed by atoms with E-state index in [1.165, 1.54) is 18.4 Å². The molecule has 1 aliphatic rings. The van der Waals surface area contributed by atoms with Crippen LogP contribution in [0.4, 0.5) is 17.1 Å². The molecule has 0 spiro atoms. The highest BCUT2D eigenvalue weighted by Crippen LogP contribution is 2.39. The molecule has 2 heterocycles. The molecule has 1 N–H and O–H groups in total. The molecule has 0 atom stereocenters. The SMILES string of the molecule is COC(=O)c1sccc1N1CC(=O)Nc2ccc(Cl)cc21. The lowest BCUT2D eigenvalue weighted by molar-refractivity contribution is -0.115. The molecule has 1 aromatic carbocycles. The molecule has 2 aromatic rings. The summed E-state index contributed by atoms with van der Waals surface area (Å²) in [4.78, 5) is 25.9. The van der Waals surface area contributed by atoms with Crippen LogP contribution < -0.4 is 10.2 Å². The highest BCUT2D eigenvalue weighted by atomic mass is 35.5. The summed E-state index contributed by atoms with van der Waals surface area (Å²) in [5, 5.41) is 5.14. The molecule has 0 radical (unpaired) electrons. The van der Waals surface area contributed by atoms with Gasteiger partial charge in [-0.1, -0.05) is 11.6 Å². The number of halogens is 1. The molecule has 3 rings (SSSR count). The molecule has 108 valence electrons. The van der Waals surface area contributed by atoms with Crippen molar-refractivity contribution in [3.05, 3.63) is 39.5 Å². The van der Waals surface area contributed by atoms with Crippen LogP contribution in [0.2, 0.25) is 5.02 Å². The summed E-state index contributed by atoms with van der Waals surface area (Å²) in [6.07, 6.45) is 0. The van der Waals surface area contributed by atoms with Crippen molar-refractivity contribution in [3.8, 4) is 0 Å². The lowest BCUT2D eigenvalue weighted by Gasteiger charge is -2.30. The van der Waals surface area contributed by atoms with Crippen molar-refractivity contribution in [3.63, 3.8) is 0 Å². The molecule has 1 amide bonds. The van der Waals surface area contributed by atoms with Crippen LogP contribution in [-0.4, -0.2) is 25.5 Å². The highest BCUT2D eigenvalue weighted by Gasteiger charge is 2.27. The third kappa shape index (κ3) is 2.48. The zero-order valence-electron chi connectivity index (χ0n) is 11.1. The number of benzene rings is 1. The minimum absolute atomic E-state index is 0.119. The lowest BCUT2D eigenvalue weighted by Crippen LogP contribution is -2.35. The molecule has 0 aliphatic carbocycles. The zero-order chi connectivity index (χ0) is 15.0. The number of hydrogen-bond acceptors (Lipinski definition) is 5. The highest BCUT2D eigenvalue weighted by molar-refractivity contribution is 7.12. The predicted octanol–water partition coefficient (Wildman–Crippen LogP) is 3.28. The van der Waals surface area contributed by atoms with Gasteiger partial charge in [0.25, 0.3) is 0 Å². The van der Waals surface area contributed by atoms with Crippen LogP contribution in [0.15, 0.2) is 29.6 Å². The number of fused-ring (bicyclic) bond motifs is 1. The van der Waals surface area contributed by atoms with E-state index >= 15 is 0 Å². The van der Waals surface area contributed by atoms with Crippen molar-refractivity contribution in [1.82, 2.24) is 0 Å². The summed E-state index contributed by atoms with van der Waals surface area (Å²) < 4.78 is 4.78. The van der Waals surface area contributed by atoms with Crippen LogP contribution in [0.3, 0.4) is 0 Å². The Kier molecular flexibility index (Phi) is 3.57. The van der Waals surface area contributed by atoms with Gasteiger partial charge in [-0.3, -0.25) is 4.79 Å². The standard InChI is InChI=1S/C14H11ClN2O3S/c1-20-14(19)13-10(4-5-21-13)17-7-12(18)16-9-3-2-8(15)6-11(9)17/h2-6H,7H2,1H3,(H,16,18). The van der Waals surface area contributed by atoms with Crippen LogP contribution in [0.25, 0.3) is 0 Å². The molecule has 21 heavy (non-hydrogen) atoms. The number of anilines is 3. The molecular formula is C14H11ClN2O3S. The molecule has 1 aliphatic heterocycles. The molecule has 0 unspecified atom stereocenters. The largest absolute Gasteiger partial charge is 0.465 e. The summed E-state index contributed by atoms with van der Waals surface area (Å²) in [5.41, 5.74) is 2.06. The molecule has 0 fully saturated rings. The predicted molar refractivity (Wildman–Crippen MR) is 82.7 cm³/mol. The Balaban J connectivity index is 2.12. The lowest BCUT2D eigenvalue weighted by atomic mass is 10.1. The van der Waals surface area contributed by atoms with Crippen molar-refractivity contribution in [1.29, 1.82) is 0 Å². The van der Waals surface area contributed by atoms with Gasteiger partial charge in [-0.05, 0) is 29.6 Å². The maximum atomic E-state index is 11.9. The molecule has 0 bridgehead atoms. The number of methoxy groups -OCH3 is 1. The fourth-order valence-electron chi connectivity index (χ4n) is 2.23. The summed E-state index contributed by atoms with van der Waals surface area (Å²) in [7, 11) is 1.33. The second kappa shape index (κ2) is 5.38. The van der Waals surface area contributed by atoms with Crippen LogP contribution in [0.5, 0.6) is 0 Å². The summed E-state index contributed by atoms with van der Waals surface area (Å²) in [5.74, 6) is -0.568. The maximum Gasteiger partial charge on any atom is 0.350 e. The summed E-state index contributed by atoms with van der Waals surface area (Å²) in [6.45, 7) is 0.119. The fraction of sp³-hybridized carbons (Fsp3) is 0.143. The minimum atomic E-state index is -0.422. The number of nitrogens with zero attached hydrogens (tertiary/aromatic N) is 1. The average Bonchev–Trinajstić information content (AvgIpc) is 2.95. The molecule has 7 heteroatoms. The van der Waals surface area contributed by atoms with E-state index in [4.69, 9.17) is 16.3 Å². The molecule has 1 aromatic heterocycles. The number of nitrogens with one attached hydrogen (secondary N) is 1. The second-order valence-corrected chi connectivity index (χ2v) is 5.77. The summed E-state index contributed by atoms with van der Waals surface area (Å²) in [6, 6.07) is 7.00. The topological polar surface area (TPSA) is 58.6 Å². The number of carbonyl (C=O) groups excluding carboxylic acids is 2. The number of esters is 1.